The Balaban J connectivity index is 2.26. The topological polar surface area (TPSA) is 35.5 Å². The summed E-state index contributed by atoms with van der Waals surface area (Å²) in [6.45, 7) is 9.37. The Morgan fingerprint density at radius 3 is 2.27 bits per heavy atom. The molecule has 1 rings (SSSR count). The molecule has 0 atom stereocenters. The molecule has 90 valence electrons. The molecule has 15 heavy (non-hydrogen) atoms. The van der Waals surface area contributed by atoms with Gasteiger partial charge >= 0.3 is 0 Å². The number of nitrogens with one attached hydrogen (secondary N) is 1. The predicted octanol–water partition coefficient (Wildman–Crippen LogP) is 1.22. The van der Waals surface area contributed by atoms with Crippen molar-refractivity contribution in [3.63, 3.8) is 0 Å². The van der Waals surface area contributed by atoms with Crippen LogP contribution in [-0.2, 0) is 0 Å². The van der Waals surface area contributed by atoms with E-state index >= 15 is 0 Å². The van der Waals surface area contributed by atoms with E-state index in [4.69, 9.17) is 0 Å². The molecule has 0 bridgehead atoms. The zero-order chi connectivity index (χ0) is 11.5. The molecule has 0 saturated carbocycles. The lowest BCUT2D eigenvalue weighted by atomic mass is 9.89. The third-order valence-electron chi connectivity index (χ3n) is 3.60. The minimum absolute atomic E-state index is 0.325. The van der Waals surface area contributed by atoms with Crippen LogP contribution in [0, 0.1) is 0 Å². The second-order valence-corrected chi connectivity index (χ2v) is 5.71. The summed E-state index contributed by atoms with van der Waals surface area (Å²) in [5, 5.41) is 13.1. The summed E-state index contributed by atoms with van der Waals surface area (Å²) in [4.78, 5) is 2.46. The second kappa shape index (κ2) is 4.81. The average molecular weight is 214 g/mol. The van der Waals surface area contributed by atoms with Gasteiger partial charge in [0, 0.05) is 12.1 Å². The van der Waals surface area contributed by atoms with Crippen molar-refractivity contribution in [3.8, 4) is 0 Å². The largest absolute Gasteiger partial charge is 0.390 e. The van der Waals surface area contributed by atoms with Gasteiger partial charge in [0.2, 0.25) is 0 Å². The van der Waals surface area contributed by atoms with E-state index in [9.17, 15) is 5.11 Å². The predicted molar refractivity (Wildman–Crippen MR) is 64.1 cm³/mol. The van der Waals surface area contributed by atoms with Crippen molar-refractivity contribution in [2.75, 3.05) is 26.7 Å². The average Bonchev–Trinajstić information content (AvgIpc) is 2.16. The third-order valence-corrected chi connectivity index (χ3v) is 3.60. The van der Waals surface area contributed by atoms with E-state index in [1.54, 1.807) is 0 Å². The van der Waals surface area contributed by atoms with Crippen molar-refractivity contribution in [2.24, 2.45) is 0 Å². The van der Waals surface area contributed by atoms with E-state index in [-0.39, 0.29) is 0 Å². The summed E-state index contributed by atoms with van der Waals surface area (Å²) < 4.78 is 0. The van der Waals surface area contributed by atoms with Crippen LogP contribution >= 0.6 is 0 Å². The Morgan fingerprint density at radius 1 is 1.33 bits per heavy atom. The summed E-state index contributed by atoms with van der Waals surface area (Å²) in [5.41, 5.74) is -0.199. The van der Waals surface area contributed by atoms with Gasteiger partial charge in [-0.25, -0.2) is 0 Å². The lowest BCUT2D eigenvalue weighted by Gasteiger charge is -2.39. The van der Waals surface area contributed by atoms with Gasteiger partial charge in [0.05, 0.1) is 5.60 Å². The van der Waals surface area contributed by atoms with Crippen LogP contribution in [0.4, 0.5) is 0 Å². The second-order valence-electron chi connectivity index (χ2n) is 5.71. The summed E-state index contributed by atoms with van der Waals surface area (Å²) >= 11 is 0. The van der Waals surface area contributed by atoms with Crippen LogP contribution in [0.2, 0.25) is 0 Å². The fourth-order valence-electron chi connectivity index (χ4n) is 1.95. The van der Waals surface area contributed by atoms with Gasteiger partial charge in [-0.05, 0) is 60.2 Å². The first-order valence-electron chi connectivity index (χ1n) is 5.98. The van der Waals surface area contributed by atoms with Gasteiger partial charge in [-0.2, -0.15) is 0 Å². The number of rotatable bonds is 4. The molecule has 1 fully saturated rings. The Hall–Kier alpha value is -0.120. The van der Waals surface area contributed by atoms with Crippen molar-refractivity contribution >= 4 is 0 Å². The van der Waals surface area contributed by atoms with Gasteiger partial charge in [0.25, 0.3) is 0 Å². The summed E-state index contributed by atoms with van der Waals surface area (Å²) in [5.74, 6) is 0. The van der Waals surface area contributed by atoms with Crippen LogP contribution in [0.25, 0.3) is 0 Å². The zero-order valence-corrected chi connectivity index (χ0v) is 10.6. The smallest absolute Gasteiger partial charge is 0.0603 e. The lowest BCUT2D eigenvalue weighted by molar-refractivity contribution is 0.0496. The Labute approximate surface area is 93.9 Å². The highest BCUT2D eigenvalue weighted by Crippen LogP contribution is 2.21. The van der Waals surface area contributed by atoms with Crippen molar-refractivity contribution < 1.29 is 5.11 Å². The maximum absolute atomic E-state index is 9.66. The van der Waals surface area contributed by atoms with Gasteiger partial charge in [-0.15, -0.1) is 0 Å². The van der Waals surface area contributed by atoms with Crippen LogP contribution in [0.15, 0.2) is 0 Å². The van der Waals surface area contributed by atoms with E-state index in [1.807, 2.05) is 20.9 Å². The minimum Gasteiger partial charge on any atom is -0.390 e. The van der Waals surface area contributed by atoms with Gasteiger partial charge in [-0.1, -0.05) is 0 Å². The molecule has 0 aromatic carbocycles. The van der Waals surface area contributed by atoms with Crippen LogP contribution in [0.1, 0.15) is 40.0 Å². The maximum atomic E-state index is 9.66. The van der Waals surface area contributed by atoms with Crippen molar-refractivity contribution in [1.29, 1.82) is 0 Å². The van der Waals surface area contributed by atoms with E-state index in [0.29, 0.717) is 5.54 Å². The molecular formula is C12H26N2O. The summed E-state index contributed by atoms with van der Waals surface area (Å²) in [6, 6.07) is 0. The number of nitrogens with zero attached hydrogens (tertiary/aromatic N) is 1. The highest BCUT2D eigenvalue weighted by Gasteiger charge is 2.28. The molecule has 3 heteroatoms. The monoisotopic (exact) mass is 214 g/mol. The molecule has 0 amide bonds. The zero-order valence-electron chi connectivity index (χ0n) is 10.6. The molecular weight excluding hydrogens is 188 g/mol. The SMILES string of the molecule is CNC1(C)CCN(CCC(C)(C)O)CC1. The fourth-order valence-corrected chi connectivity index (χ4v) is 1.95. The van der Waals surface area contributed by atoms with Gasteiger partial charge in [0.1, 0.15) is 0 Å². The Bertz CT molecular complexity index is 190. The number of piperidine rings is 1. The number of hydrogen-bond acceptors (Lipinski definition) is 3. The molecule has 1 aliphatic rings. The maximum Gasteiger partial charge on any atom is 0.0603 e. The first kappa shape index (κ1) is 12.9. The molecule has 0 aromatic rings. The van der Waals surface area contributed by atoms with Crippen LogP contribution in [-0.4, -0.2) is 47.8 Å². The van der Waals surface area contributed by atoms with Crippen LogP contribution in [0.5, 0.6) is 0 Å². The third kappa shape index (κ3) is 4.49. The molecule has 1 saturated heterocycles. The molecule has 0 radical (unpaired) electrons. The Kier molecular flexibility index (Phi) is 4.15. The lowest BCUT2D eigenvalue weighted by Crippen LogP contribution is -2.50. The first-order chi connectivity index (χ1) is 6.85. The number of aliphatic hydroxyl groups is 1. The van der Waals surface area contributed by atoms with Crippen LogP contribution < -0.4 is 5.32 Å². The van der Waals surface area contributed by atoms with E-state index < -0.39 is 5.60 Å². The molecule has 2 N–H and O–H groups in total. The molecule has 0 aromatic heterocycles. The fraction of sp³-hybridized carbons (Fsp3) is 1.00. The normalized spacial score (nSPS) is 23.0. The molecule has 1 aliphatic heterocycles. The molecule has 3 nitrogen and oxygen atoms in total. The molecule has 0 unspecified atom stereocenters. The quantitative estimate of drug-likeness (QED) is 0.738. The van der Waals surface area contributed by atoms with E-state index in [2.05, 4.69) is 17.1 Å². The summed E-state index contributed by atoms with van der Waals surface area (Å²) in [7, 11) is 2.05. The van der Waals surface area contributed by atoms with Crippen molar-refractivity contribution in [3.05, 3.63) is 0 Å². The molecule has 0 aliphatic carbocycles. The van der Waals surface area contributed by atoms with Crippen molar-refractivity contribution in [1.82, 2.24) is 10.2 Å². The van der Waals surface area contributed by atoms with Crippen molar-refractivity contribution in [2.45, 2.75) is 51.2 Å². The number of hydrogen-bond donors (Lipinski definition) is 2. The highest BCUT2D eigenvalue weighted by molar-refractivity contribution is 4.88. The first-order valence-corrected chi connectivity index (χ1v) is 5.98. The highest BCUT2D eigenvalue weighted by atomic mass is 16.3. The molecule has 0 spiro atoms. The molecule has 1 heterocycles. The number of likely N-dealkylation sites (tertiary alicyclic amines) is 1. The summed E-state index contributed by atoms with van der Waals surface area (Å²) in [6.07, 6.45) is 3.27. The van der Waals surface area contributed by atoms with Gasteiger partial charge in [-0.3, -0.25) is 0 Å². The minimum atomic E-state index is -0.524. The van der Waals surface area contributed by atoms with Gasteiger partial charge in [0.15, 0.2) is 0 Å². The van der Waals surface area contributed by atoms with Gasteiger partial charge < -0.3 is 15.3 Å². The van der Waals surface area contributed by atoms with E-state index in [1.165, 1.54) is 12.8 Å². The standard InChI is InChI=1S/C12H26N2O/c1-11(2,15)5-8-14-9-6-12(3,13-4)7-10-14/h13,15H,5-10H2,1-4H3. The van der Waals surface area contributed by atoms with E-state index in [0.717, 1.165) is 26.1 Å². The Morgan fingerprint density at radius 2 is 1.87 bits per heavy atom. The van der Waals surface area contributed by atoms with Crippen LogP contribution in [0.3, 0.4) is 0 Å².